The van der Waals surface area contributed by atoms with E-state index in [9.17, 15) is 9.59 Å². The van der Waals surface area contributed by atoms with Crippen molar-refractivity contribution < 1.29 is 14.7 Å². The van der Waals surface area contributed by atoms with Gasteiger partial charge in [-0.2, -0.15) is 0 Å². The first-order valence-corrected chi connectivity index (χ1v) is 5.76. The summed E-state index contributed by atoms with van der Waals surface area (Å²) in [5.41, 5.74) is 5.69. The quantitative estimate of drug-likeness (QED) is 0.709. The summed E-state index contributed by atoms with van der Waals surface area (Å²) in [6.07, 6.45) is 0.332. The second kappa shape index (κ2) is 5.62. The van der Waals surface area contributed by atoms with Crippen LogP contribution >= 0.6 is 11.3 Å². The van der Waals surface area contributed by atoms with Crippen LogP contribution < -0.4 is 11.1 Å². The monoisotopic (exact) mass is 242 g/mol. The van der Waals surface area contributed by atoms with Gasteiger partial charge in [0.1, 0.15) is 12.1 Å². The molecule has 0 aliphatic carbocycles. The molecule has 2 atom stereocenters. The molecule has 0 saturated carbocycles. The lowest BCUT2D eigenvalue weighted by atomic mass is 10.2. The average molecular weight is 242 g/mol. The summed E-state index contributed by atoms with van der Waals surface area (Å²) in [5.74, 6) is -1.51. The van der Waals surface area contributed by atoms with Gasteiger partial charge in [-0.1, -0.05) is 13.0 Å². The Labute approximate surface area is 97.3 Å². The van der Waals surface area contributed by atoms with Crippen LogP contribution in [0.1, 0.15) is 24.3 Å². The van der Waals surface area contributed by atoms with Crippen molar-refractivity contribution in [2.45, 2.75) is 25.4 Å². The molecule has 1 rings (SSSR count). The van der Waals surface area contributed by atoms with Gasteiger partial charge < -0.3 is 16.2 Å². The van der Waals surface area contributed by atoms with Crippen LogP contribution in [0.25, 0.3) is 0 Å². The predicted octanol–water partition coefficient (Wildman–Crippen LogP) is 0.727. The van der Waals surface area contributed by atoms with Gasteiger partial charge in [0.2, 0.25) is 5.91 Å². The van der Waals surface area contributed by atoms with Crippen LogP contribution in [0.2, 0.25) is 0 Å². The SMILES string of the molecule is CCC(NC(=O)C(N)c1cccs1)C(=O)O. The van der Waals surface area contributed by atoms with Gasteiger partial charge in [-0.3, -0.25) is 4.79 Å². The number of hydrogen-bond donors (Lipinski definition) is 3. The van der Waals surface area contributed by atoms with Crippen molar-refractivity contribution in [3.63, 3.8) is 0 Å². The number of nitrogens with two attached hydrogens (primary N) is 1. The van der Waals surface area contributed by atoms with E-state index in [-0.39, 0.29) is 0 Å². The van der Waals surface area contributed by atoms with Gasteiger partial charge in [0.05, 0.1) is 0 Å². The summed E-state index contributed by atoms with van der Waals surface area (Å²) in [4.78, 5) is 23.1. The van der Waals surface area contributed by atoms with Crippen molar-refractivity contribution in [1.82, 2.24) is 5.32 Å². The molecule has 1 aromatic rings. The molecule has 0 radical (unpaired) electrons. The lowest BCUT2D eigenvalue weighted by Gasteiger charge is -2.15. The molecule has 5 nitrogen and oxygen atoms in total. The normalized spacial score (nSPS) is 14.1. The van der Waals surface area contributed by atoms with E-state index in [2.05, 4.69) is 5.32 Å². The summed E-state index contributed by atoms with van der Waals surface area (Å²) in [5, 5.41) is 13.0. The number of hydrogen-bond acceptors (Lipinski definition) is 4. The molecule has 0 bridgehead atoms. The second-order valence-corrected chi connectivity index (χ2v) is 4.28. The van der Waals surface area contributed by atoms with Crippen molar-refractivity contribution in [1.29, 1.82) is 0 Å². The van der Waals surface area contributed by atoms with E-state index in [1.54, 1.807) is 19.1 Å². The van der Waals surface area contributed by atoms with Crippen LogP contribution in [0.15, 0.2) is 17.5 Å². The molecular formula is C10H14N2O3S. The van der Waals surface area contributed by atoms with E-state index in [1.165, 1.54) is 11.3 Å². The van der Waals surface area contributed by atoms with Crippen molar-refractivity contribution in [2.75, 3.05) is 0 Å². The minimum absolute atomic E-state index is 0.332. The van der Waals surface area contributed by atoms with Crippen LogP contribution in [-0.4, -0.2) is 23.0 Å². The Hall–Kier alpha value is -1.40. The number of nitrogens with one attached hydrogen (secondary N) is 1. The zero-order valence-electron chi connectivity index (χ0n) is 8.84. The van der Waals surface area contributed by atoms with Crippen molar-refractivity contribution >= 4 is 23.2 Å². The summed E-state index contributed by atoms with van der Waals surface area (Å²) in [6, 6.07) is 1.87. The molecule has 0 saturated heterocycles. The maximum Gasteiger partial charge on any atom is 0.326 e. The molecule has 0 aliphatic rings. The fraction of sp³-hybridized carbons (Fsp3) is 0.400. The average Bonchev–Trinajstić information content (AvgIpc) is 2.77. The fourth-order valence-electron chi connectivity index (χ4n) is 1.20. The third-order valence-electron chi connectivity index (χ3n) is 2.16. The summed E-state index contributed by atoms with van der Waals surface area (Å²) < 4.78 is 0. The van der Waals surface area contributed by atoms with Gasteiger partial charge in [0, 0.05) is 4.88 Å². The Morgan fingerprint density at radius 1 is 1.62 bits per heavy atom. The molecule has 0 aliphatic heterocycles. The highest BCUT2D eigenvalue weighted by Gasteiger charge is 2.22. The van der Waals surface area contributed by atoms with E-state index in [0.717, 1.165) is 4.88 Å². The zero-order valence-corrected chi connectivity index (χ0v) is 9.66. The third kappa shape index (κ3) is 3.04. The first-order valence-electron chi connectivity index (χ1n) is 4.88. The van der Waals surface area contributed by atoms with E-state index < -0.39 is 24.0 Å². The number of rotatable bonds is 5. The Kier molecular flexibility index (Phi) is 4.45. The molecule has 0 spiro atoms. The van der Waals surface area contributed by atoms with Gasteiger partial charge in [0.25, 0.3) is 0 Å². The molecule has 0 aromatic carbocycles. The molecule has 6 heteroatoms. The topological polar surface area (TPSA) is 92.4 Å². The largest absolute Gasteiger partial charge is 0.480 e. The van der Waals surface area contributed by atoms with Gasteiger partial charge >= 0.3 is 5.97 Å². The van der Waals surface area contributed by atoms with Crippen molar-refractivity contribution in [2.24, 2.45) is 5.73 Å². The van der Waals surface area contributed by atoms with Gasteiger partial charge in [-0.15, -0.1) is 11.3 Å². The lowest BCUT2D eigenvalue weighted by molar-refractivity contribution is -0.142. The molecular weight excluding hydrogens is 228 g/mol. The first kappa shape index (κ1) is 12.7. The number of carboxylic acids is 1. The number of thiophene rings is 1. The molecule has 16 heavy (non-hydrogen) atoms. The summed E-state index contributed by atoms with van der Waals surface area (Å²) in [7, 11) is 0. The first-order chi connectivity index (χ1) is 7.56. The maximum atomic E-state index is 11.6. The van der Waals surface area contributed by atoms with Crippen LogP contribution in [0.5, 0.6) is 0 Å². The standard InChI is InChI=1S/C10H14N2O3S/c1-2-6(10(14)15)12-9(13)8(11)7-4-3-5-16-7/h3-6,8H,2,11H2,1H3,(H,12,13)(H,14,15). The highest BCUT2D eigenvalue weighted by Crippen LogP contribution is 2.16. The molecule has 88 valence electrons. The molecule has 0 fully saturated rings. The second-order valence-electron chi connectivity index (χ2n) is 3.30. The van der Waals surface area contributed by atoms with Crippen molar-refractivity contribution in [3.8, 4) is 0 Å². The number of aliphatic carboxylic acids is 1. The van der Waals surface area contributed by atoms with Crippen LogP contribution in [-0.2, 0) is 9.59 Å². The Morgan fingerprint density at radius 2 is 2.31 bits per heavy atom. The van der Waals surface area contributed by atoms with Gasteiger partial charge in [-0.05, 0) is 17.9 Å². The predicted molar refractivity (Wildman–Crippen MR) is 61.1 cm³/mol. The van der Waals surface area contributed by atoms with E-state index >= 15 is 0 Å². The van der Waals surface area contributed by atoms with Crippen LogP contribution in [0, 0.1) is 0 Å². The number of carbonyl (C=O) groups is 2. The number of carboxylic acid groups (broad SMARTS) is 1. The number of carbonyl (C=O) groups excluding carboxylic acids is 1. The van der Waals surface area contributed by atoms with Gasteiger partial charge in [-0.25, -0.2) is 4.79 Å². The maximum absolute atomic E-state index is 11.6. The zero-order chi connectivity index (χ0) is 12.1. The van der Waals surface area contributed by atoms with Crippen LogP contribution in [0.4, 0.5) is 0 Å². The Bertz CT molecular complexity index is 364. The fourth-order valence-corrected chi connectivity index (χ4v) is 1.92. The third-order valence-corrected chi connectivity index (χ3v) is 3.11. The van der Waals surface area contributed by atoms with Gasteiger partial charge in [0.15, 0.2) is 0 Å². The smallest absolute Gasteiger partial charge is 0.326 e. The molecule has 1 aromatic heterocycles. The highest BCUT2D eigenvalue weighted by atomic mass is 32.1. The summed E-state index contributed by atoms with van der Waals surface area (Å²) >= 11 is 1.37. The molecule has 4 N–H and O–H groups in total. The van der Waals surface area contributed by atoms with E-state index in [4.69, 9.17) is 10.8 Å². The molecule has 1 amide bonds. The van der Waals surface area contributed by atoms with Crippen molar-refractivity contribution in [3.05, 3.63) is 22.4 Å². The lowest BCUT2D eigenvalue weighted by Crippen LogP contribution is -2.44. The summed E-state index contributed by atoms with van der Waals surface area (Å²) in [6.45, 7) is 1.69. The molecule has 2 unspecified atom stereocenters. The van der Waals surface area contributed by atoms with Crippen LogP contribution in [0.3, 0.4) is 0 Å². The minimum atomic E-state index is -1.05. The highest BCUT2D eigenvalue weighted by molar-refractivity contribution is 7.10. The Balaban J connectivity index is 2.61. The number of amides is 1. The Morgan fingerprint density at radius 3 is 2.75 bits per heavy atom. The minimum Gasteiger partial charge on any atom is -0.480 e. The van der Waals surface area contributed by atoms with E-state index in [0.29, 0.717) is 6.42 Å². The van der Waals surface area contributed by atoms with E-state index in [1.807, 2.05) is 5.38 Å². The molecule has 1 heterocycles.